The van der Waals surface area contributed by atoms with Gasteiger partial charge in [0.05, 0.1) is 5.69 Å². The maximum Gasteiger partial charge on any atom is 0.328 e. The molecule has 1 N–H and O–H groups in total. The molecule has 0 radical (unpaired) electrons. The number of anilines is 1. The van der Waals surface area contributed by atoms with Gasteiger partial charge in [-0.05, 0) is 18.6 Å². The molecule has 8 heteroatoms. The minimum absolute atomic E-state index is 0.255. The molecule has 2 aromatic rings. The molecular formula is C15H19N3O4S. The van der Waals surface area contributed by atoms with Gasteiger partial charge in [-0.3, -0.25) is 14.1 Å². The van der Waals surface area contributed by atoms with Gasteiger partial charge in [0, 0.05) is 19.8 Å². The van der Waals surface area contributed by atoms with Gasteiger partial charge in [0.25, 0.3) is 15.6 Å². The quantitative estimate of drug-likeness (QED) is 0.853. The molecule has 1 aromatic carbocycles. The van der Waals surface area contributed by atoms with Crippen molar-refractivity contribution in [3.05, 3.63) is 57.4 Å². The third kappa shape index (κ3) is 3.53. The number of aromatic nitrogens is 2. The molecule has 124 valence electrons. The lowest BCUT2D eigenvalue weighted by atomic mass is 10.3. The van der Waals surface area contributed by atoms with E-state index in [4.69, 9.17) is 0 Å². The van der Waals surface area contributed by atoms with E-state index in [-0.39, 0.29) is 6.54 Å². The Morgan fingerprint density at radius 2 is 1.83 bits per heavy atom. The number of sulfonamides is 1. The van der Waals surface area contributed by atoms with Crippen molar-refractivity contribution < 1.29 is 8.42 Å². The summed E-state index contributed by atoms with van der Waals surface area (Å²) in [5.41, 5.74) is -1.09. The Hall–Kier alpha value is -2.35. The highest BCUT2D eigenvalue weighted by atomic mass is 32.2. The van der Waals surface area contributed by atoms with E-state index in [9.17, 15) is 18.0 Å². The summed E-state index contributed by atoms with van der Waals surface area (Å²) in [6, 6.07) is 8.59. The minimum atomic E-state index is -4.07. The molecule has 0 saturated carbocycles. The molecule has 0 bridgehead atoms. The molecule has 0 aliphatic carbocycles. The number of benzene rings is 1. The van der Waals surface area contributed by atoms with Crippen molar-refractivity contribution in [3.8, 4) is 0 Å². The van der Waals surface area contributed by atoms with E-state index in [2.05, 4.69) is 0 Å². The number of unbranched alkanes of at least 4 members (excludes halogenated alkanes) is 1. The molecular weight excluding hydrogens is 318 g/mol. The number of rotatable bonds is 6. The van der Waals surface area contributed by atoms with E-state index in [1.807, 2.05) is 11.9 Å². The topological polar surface area (TPSA) is 92.2 Å². The van der Waals surface area contributed by atoms with E-state index < -0.39 is 26.2 Å². The second-order valence-electron chi connectivity index (χ2n) is 5.13. The number of hydrogen-bond donors (Lipinski definition) is 1. The highest BCUT2D eigenvalue weighted by Gasteiger charge is 2.28. The minimum Gasteiger partial charge on any atom is -0.302 e. The Morgan fingerprint density at radius 1 is 1.17 bits per heavy atom. The second-order valence-corrected chi connectivity index (χ2v) is 6.96. The zero-order valence-corrected chi connectivity index (χ0v) is 13.8. The van der Waals surface area contributed by atoms with Gasteiger partial charge >= 0.3 is 5.69 Å². The van der Waals surface area contributed by atoms with Crippen LogP contribution in [-0.4, -0.2) is 24.5 Å². The normalized spacial score (nSPS) is 11.4. The van der Waals surface area contributed by atoms with Gasteiger partial charge < -0.3 is 4.57 Å². The summed E-state index contributed by atoms with van der Waals surface area (Å²) < 4.78 is 28.1. The van der Waals surface area contributed by atoms with Crippen molar-refractivity contribution >= 4 is 15.7 Å². The molecule has 0 aliphatic rings. The standard InChI is InChI=1S/C15H19N3O4S/c1-3-4-10-18(12-8-6-5-7-9-12)23(21,22)13-11-17(2)15(20)16-14(13)19/h5-9,11H,3-4,10H2,1-2H3,(H,16,19,20). The van der Waals surface area contributed by atoms with Crippen LogP contribution in [-0.2, 0) is 17.1 Å². The largest absolute Gasteiger partial charge is 0.328 e. The number of hydrogen-bond acceptors (Lipinski definition) is 4. The molecule has 23 heavy (non-hydrogen) atoms. The molecule has 0 atom stereocenters. The van der Waals surface area contributed by atoms with Crippen LogP contribution in [0.15, 0.2) is 51.0 Å². The fourth-order valence-electron chi connectivity index (χ4n) is 2.13. The second kappa shape index (κ2) is 6.82. The zero-order chi connectivity index (χ0) is 17.0. The fourth-order valence-corrected chi connectivity index (χ4v) is 3.71. The van der Waals surface area contributed by atoms with E-state index in [0.717, 1.165) is 17.2 Å². The van der Waals surface area contributed by atoms with Crippen LogP contribution >= 0.6 is 0 Å². The lowest BCUT2D eigenvalue weighted by Gasteiger charge is -2.24. The number of aromatic amines is 1. The Labute approximate surface area is 134 Å². The maximum atomic E-state index is 12.9. The predicted molar refractivity (Wildman–Crippen MR) is 88.2 cm³/mol. The first kappa shape index (κ1) is 17.0. The van der Waals surface area contributed by atoms with Gasteiger partial charge in [-0.1, -0.05) is 31.5 Å². The summed E-state index contributed by atoms with van der Waals surface area (Å²) in [5, 5.41) is 0. The average Bonchev–Trinajstić information content (AvgIpc) is 2.52. The van der Waals surface area contributed by atoms with Crippen LogP contribution in [0.5, 0.6) is 0 Å². The lowest BCUT2D eigenvalue weighted by Crippen LogP contribution is -2.38. The van der Waals surface area contributed by atoms with Crippen LogP contribution in [0.1, 0.15) is 19.8 Å². The molecule has 0 fully saturated rings. The molecule has 1 heterocycles. The monoisotopic (exact) mass is 337 g/mol. The number of nitrogens with one attached hydrogen (secondary N) is 1. The van der Waals surface area contributed by atoms with Crippen LogP contribution in [0, 0.1) is 0 Å². The van der Waals surface area contributed by atoms with E-state index in [0.29, 0.717) is 12.1 Å². The highest BCUT2D eigenvalue weighted by molar-refractivity contribution is 7.92. The predicted octanol–water partition coefficient (Wildman–Crippen LogP) is 1.07. The zero-order valence-electron chi connectivity index (χ0n) is 13.0. The molecule has 0 spiro atoms. The SMILES string of the molecule is CCCCN(c1ccccc1)S(=O)(=O)c1cn(C)c(=O)[nH]c1=O. The van der Waals surface area contributed by atoms with Crippen LogP contribution in [0.2, 0.25) is 0 Å². The molecule has 1 aromatic heterocycles. The lowest BCUT2D eigenvalue weighted by molar-refractivity contribution is 0.584. The van der Waals surface area contributed by atoms with Gasteiger partial charge in [0.2, 0.25) is 0 Å². The van der Waals surface area contributed by atoms with E-state index in [1.54, 1.807) is 30.3 Å². The van der Waals surface area contributed by atoms with Crippen molar-refractivity contribution in [1.82, 2.24) is 9.55 Å². The number of para-hydroxylation sites is 1. The first-order valence-electron chi connectivity index (χ1n) is 7.25. The summed E-state index contributed by atoms with van der Waals surface area (Å²) in [4.78, 5) is 25.0. The third-order valence-electron chi connectivity index (χ3n) is 3.40. The molecule has 2 rings (SSSR count). The summed E-state index contributed by atoms with van der Waals surface area (Å²) in [6.07, 6.45) is 2.51. The van der Waals surface area contributed by atoms with Crippen molar-refractivity contribution in [2.75, 3.05) is 10.8 Å². The molecule has 0 aliphatic heterocycles. The first-order valence-corrected chi connectivity index (χ1v) is 8.69. The molecule has 0 saturated heterocycles. The van der Waals surface area contributed by atoms with Gasteiger partial charge in [0.1, 0.15) is 0 Å². The number of H-pyrrole nitrogens is 1. The number of nitrogens with zero attached hydrogens (tertiary/aromatic N) is 2. The van der Waals surface area contributed by atoms with Gasteiger partial charge in [-0.25, -0.2) is 13.2 Å². The Kier molecular flexibility index (Phi) is 5.05. The smallest absolute Gasteiger partial charge is 0.302 e. The van der Waals surface area contributed by atoms with E-state index in [1.165, 1.54) is 11.4 Å². The van der Waals surface area contributed by atoms with Crippen LogP contribution < -0.4 is 15.6 Å². The van der Waals surface area contributed by atoms with Gasteiger partial charge in [-0.2, -0.15) is 0 Å². The summed E-state index contributed by atoms with van der Waals surface area (Å²) in [5.74, 6) is 0. The van der Waals surface area contributed by atoms with Crippen molar-refractivity contribution in [2.24, 2.45) is 7.05 Å². The summed E-state index contributed by atoms with van der Waals surface area (Å²) in [7, 11) is -2.68. The highest BCUT2D eigenvalue weighted by Crippen LogP contribution is 2.21. The van der Waals surface area contributed by atoms with Crippen LogP contribution in [0.4, 0.5) is 5.69 Å². The van der Waals surface area contributed by atoms with Gasteiger partial charge in [-0.15, -0.1) is 0 Å². The third-order valence-corrected chi connectivity index (χ3v) is 5.22. The van der Waals surface area contributed by atoms with Crippen molar-refractivity contribution in [1.29, 1.82) is 0 Å². The van der Waals surface area contributed by atoms with Crippen molar-refractivity contribution in [3.63, 3.8) is 0 Å². The Morgan fingerprint density at radius 3 is 2.43 bits per heavy atom. The first-order chi connectivity index (χ1) is 10.9. The van der Waals surface area contributed by atoms with E-state index >= 15 is 0 Å². The van der Waals surface area contributed by atoms with Crippen molar-refractivity contribution in [2.45, 2.75) is 24.7 Å². The maximum absolute atomic E-state index is 12.9. The Balaban J connectivity index is 2.59. The fraction of sp³-hybridized carbons (Fsp3) is 0.333. The van der Waals surface area contributed by atoms with Crippen LogP contribution in [0.3, 0.4) is 0 Å². The number of aryl methyl sites for hydroxylation is 1. The molecule has 0 amide bonds. The van der Waals surface area contributed by atoms with Gasteiger partial charge in [0.15, 0.2) is 4.90 Å². The Bertz CT molecular complexity index is 885. The van der Waals surface area contributed by atoms with Crippen LogP contribution in [0.25, 0.3) is 0 Å². The summed E-state index contributed by atoms with van der Waals surface area (Å²) in [6.45, 7) is 2.21. The average molecular weight is 337 g/mol. The molecule has 0 unspecified atom stereocenters. The summed E-state index contributed by atoms with van der Waals surface area (Å²) >= 11 is 0. The molecule has 7 nitrogen and oxygen atoms in total.